The van der Waals surface area contributed by atoms with Crippen LogP contribution in [-0.4, -0.2) is 58.1 Å². The molecule has 3 N–H and O–H groups in total. The highest BCUT2D eigenvalue weighted by molar-refractivity contribution is 7.87. The fourth-order valence-corrected chi connectivity index (χ4v) is 5.65. The molecule has 2 aromatic rings. The minimum absolute atomic E-state index is 0.202. The summed E-state index contributed by atoms with van der Waals surface area (Å²) < 4.78 is 30.3. The molecule has 0 aromatic carbocycles. The van der Waals surface area contributed by atoms with Crippen molar-refractivity contribution >= 4 is 39.3 Å². The number of rotatable bonds is 7. The smallest absolute Gasteiger partial charge is 0.279 e. The number of hydrogen-bond donors (Lipinski definition) is 3. The third-order valence-corrected chi connectivity index (χ3v) is 7.34. The Balaban J connectivity index is 1.38. The highest BCUT2D eigenvalue weighted by Gasteiger charge is 2.44. The van der Waals surface area contributed by atoms with Crippen LogP contribution in [-0.2, 0) is 17.3 Å². The Hall–Kier alpha value is -1.95. The number of hydrogen-bond acceptors (Lipinski definition) is 7. The second-order valence-electron chi connectivity index (χ2n) is 7.57. The summed E-state index contributed by atoms with van der Waals surface area (Å²) in [5.41, 5.74) is 0.790. The Morgan fingerprint density at radius 3 is 2.59 bits per heavy atom. The zero-order valence-electron chi connectivity index (χ0n) is 16.3. The SMILES string of the molecule is CCNS(=O)(=O)N1CC2CC(Nc3nc(Nc4cnn(C)c4)ncc3Cl)CC2C1. The highest BCUT2D eigenvalue weighted by atomic mass is 35.5. The van der Waals surface area contributed by atoms with E-state index in [-0.39, 0.29) is 6.04 Å². The van der Waals surface area contributed by atoms with Gasteiger partial charge in [0.1, 0.15) is 5.02 Å². The maximum Gasteiger partial charge on any atom is 0.279 e. The predicted octanol–water partition coefficient (Wildman–Crippen LogP) is 1.58. The number of nitrogens with one attached hydrogen (secondary N) is 3. The zero-order chi connectivity index (χ0) is 20.6. The quantitative estimate of drug-likeness (QED) is 0.598. The molecule has 4 rings (SSSR count). The Kier molecular flexibility index (Phi) is 5.65. The Bertz CT molecular complexity index is 968. The molecule has 0 spiro atoms. The van der Waals surface area contributed by atoms with Crippen molar-refractivity contribution in [3.05, 3.63) is 23.6 Å². The van der Waals surface area contributed by atoms with E-state index in [1.54, 1.807) is 28.3 Å². The van der Waals surface area contributed by atoms with Crippen LogP contribution >= 0.6 is 11.6 Å². The number of halogens is 1. The van der Waals surface area contributed by atoms with Crippen molar-refractivity contribution in [2.45, 2.75) is 25.8 Å². The normalized spacial score (nSPS) is 24.6. The van der Waals surface area contributed by atoms with Crippen molar-refractivity contribution < 1.29 is 8.42 Å². The van der Waals surface area contributed by atoms with Crippen molar-refractivity contribution in [3.8, 4) is 0 Å². The van der Waals surface area contributed by atoms with E-state index in [1.807, 2.05) is 13.2 Å². The number of aromatic nitrogens is 4. The molecule has 1 saturated heterocycles. The van der Waals surface area contributed by atoms with E-state index in [0.29, 0.717) is 48.3 Å². The van der Waals surface area contributed by atoms with Gasteiger partial charge in [0.05, 0.1) is 18.1 Å². The van der Waals surface area contributed by atoms with Gasteiger partial charge in [-0.15, -0.1) is 0 Å². The predicted molar refractivity (Wildman–Crippen MR) is 111 cm³/mol. The zero-order valence-corrected chi connectivity index (χ0v) is 17.9. The molecule has 2 unspecified atom stereocenters. The van der Waals surface area contributed by atoms with Gasteiger partial charge in [-0.2, -0.15) is 22.8 Å². The van der Waals surface area contributed by atoms with Gasteiger partial charge < -0.3 is 10.6 Å². The van der Waals surface area contributed by atoms with E-state index in [0.717, 1.165) is 18.5 Å². The van der Waals surface area contributed by atoms with Gasteiger partial charge in [0.2, 0.25) is 5.95 Å². The van der Waals surface area contributed by atoms with Crippen LogP contribution < -0.4 is 15.4 Å². The van der Waals surface area contributed by atoms with Gasteiger partial charge in [-0.3, -0.25) is 4.68 Å². The highest BCUT2D eigenvalue weighted by Crippen LogP contribution is 2.40. The molecule has 29 heavy (non-hydrogen) atoms. The lowest BCUT2D eigenvalue weighted by Crippen LogP contribution is -2.40. The Morgan fingerprint density at radius 2 is 1.97 bits per heavy atom. The second kappa shape index (κ2) is 8.05. The molecule has 158 valence electrons. The van der Waals surface area contributed by atoms with Crippen LogP contribution in [0, 0.1) is 11.8 Å². The maximum atomic E-state index is 12.2. The molecule has 0 radical (unpaired) electrons. The lowest BCUT2D eigenvalue weighted by molar-refractivity contribution is 0.432. The Labute approximate surface area is 175 Å². The summed E-state index contributed by atoms with van der Waals surface area (Å²) in [5.74, 6) is 1.70. The first-order valence-electron chi connectivity index (χ1n) is 9.63. The second-order valence-corrected chi connectivity index (χ2v) is 9.73. The summed E-state index contributed by atoms with van der Waals surface area (Å²) in [6.45, 7) is 3.31. The van der Waals surface area contributed by atoms with Crippen LogP contribution in [0.3, 0.4) is 0 Å². The van der Waals surface area contributed by atoms with Crippen molar-refractivity contribution in [2.75, 3.05) is 30.3 Å². The molecular weight excluding hydrogens is 416 g/mol. The van der Waals surface area contributed by atoms with Crippen LogP contribution in [0.25, 0.3) is 0 Å². The summed E-state index contributed by atoms with van der Waals surface area (Å²) in [6, 6.07) is 0.202. The average molecular weight is 441 g/mol. The molecule has 0 bridgehead atoms. The van der Waals surface area contributed by atoms with Crippen molar-refractivity contribution in [3.63, 3.8) is 0 Å². The van der Waals surface area contributed by atoms with E-state index < -0.39 is 10.2 Å². The summed E-state index contributed by atoms with van der Waals surface area (Å²) >= 11 is 6.29. The fourth-order valence-electron chi connectivity index (χ4n) is 4.18. The topological polar surface area (TPSA) is 117 Å². The van der Waals surface area contributed by atoms with Gasteiger partial charge in [-0.25, -0.2) is 9.71 Å². The van der Waals surface area contributed by atoms with Crippen molar-refractivity contribution in [2.24, 2.45) is 18.9 Å². The molecule has 2 aliphatic rings. The fraction of sp³-hybridized carbons (Fsp3) is 0.588. The molecule has 1 aliphatic heterocycles. The molecule has 10 nitrogen and oxygen atoms in total. The minimum Gasteiger partial charge on any atom is -0.366 e. The molecule has 1 aliphatic carbocycles. The summed E-state index contributed by atoms with van der Waals surface area (Å²) in [5, 5.41) is 11.1. The van der Waals surface area contributed by atoms with Crippen LogP contribution in [0.1, 0.15) is 19.8 Å². The number of fused-ring (bicyclic) bond motifs is 1. The van der Waals surface area contributed by atoms with Gasteiger partial charge in [-0.1, -0.05) is 18.5 Å². The van der Waals surface area contributed by atoms with Crippen molar-refractivity contribution in [1.82, 2.24) is 28.8 Å². The largest absolute Gasteiger partial charge is 0.366 e. The van der Waals surface area contributed by atoms with E-state index >= 15 is 0 Å². The standard InChI is InChI=1S/C17H25ClN8O2S/c1-3-21-29(27,28)26-8-11-4-13(5-12(11)9-26)22-16-15(18)7-19-17(24-16)23-14-6-20-25(2)10-14/h6-7,10-13,21H,3-5,8-9H2,1-2H3,(H2,19,22,23,24). The van der Waals surface area contributed by atoms with Gasteiger partial charge in [0.15, 0.2) is 5.82 Å². The van der Waals surface area contributed by atoms with Crippen LogP contribution in [0.5, 0.6) is 0 Å². The molecule has 2 aromatic heterocycles. The molecule has 2 atom stereocenters. The first-order valence-corrected chi connectivity index (χ1v) is 11.5. The molecular formula is C17H25ClN8O2S. The molecule has 3 heterocycles. The lowest BCUT2D eigenvalue weighted by atomic mass is 10.0. The number of anilines is 3. The van der Waals surface area contributed by atoms with E-state index in [1.165, 1.54) is 0 Å². The van der Waals surface area contributed by atoms with Crippen LogP contribution in [0.4, 0.5) is 17.5 Å². The summed E-state index contributed by atoms with van der Waals surface area (Å²) in [7, 11) is -1.53. The molecule has 0 amide bonds. The van der Waals surface area contributed by atoms with Crippen LogP contribution in [0.2, 0.25) is 5.02 Å². The molecule has 2 fully saturated rings. The van der Waals surface area contributed by atoms with Crippen molar-refractivity contribution in [1.29, 1.82) is 0 Å². The average Bonchev–Trinajstić information content (AvgIpc) is 3.33. The number of nitrogens with zero attached hydrogens (tertiary/aromatic N) is 5. The first-order chi connectivity index (χ1) is 13.8. The summed E-state index contributed by atoms with van der Waals surface area (Å²) in [4.78, 5) is 8.71. The minimum atomic E-state index is -3.36. The lowest BCUT2D eigenvalue weighted by Gasteiger charge is -2.20. The van der Waals surface area contributed by atoms with Gasteiger partial charge in [-0.05, 0) is 24.7 Å². The van der Waals surface area contributed by atoms with Gasteiger partial charge in [0.25, 0.3) is 10.2 Å². The summed E-state index contributed by atoms with van der Waals surface area (Å²) in [6.07, 6.45) is 6.85. The molecule has 1 saturated carbocycles. The van der Waals surface area contributed by atoms with E-state index in [9.17, 15) is 8.42 Å². The molecule has 12 heteroatoms. The monoisotopic (exact) mass is 440 g/mol. The third kappa shape index (κ3) is 4.47. The maximum absolute atomic E-state index is 12.2. The van der Waals surface area contributed by atoms with E-state index in [4.69, 9.17) is 11.6 Å². The van der Waals surface area contributed by atoms with Crippen LogP contribution in [0.15, 0.2) is 18.6 Å². The van der Waals surface area contributed by atoms with Gasteiger partial charge in [0, 0.05) is 38.9 Å². The van der Waals surface area contributed by atoms with E-state index in [2.05, 4.69) is 30.4 Å². The third-order valence-electron chi connectivity index (χ3n) is 5.43. The number of aryl methyl sites for hydroxylation is 1. The van der Waals surface area contributed by atoms with Gasteiger partial charge >= 0.3 is 0 Å². The first kappa shape index (κ1) is 20.3. The Morgan fingerprint density at radius 1 is 1.24 bits per heavy atom.